The molecule has 3 aromatic rings. The Balaban J connectivity index is 2.04. The first-order valence-corrected chi connectivity index (χ1v) is 7.06. The third kappa shape index (κ3) is 2.18. The number of aryl methyl sites for hydroxylation is 3. The normalized spacial score (nSPS) is 10.9. The fraction of sp³-hybridized carbons (Fsp3) is 0.214. The van der Waals surface area contributed by atoms with Gasteiger partial charge in [0, 0.05) is 17.0 Å². The summed E-state index contributed by atoms with van der Waals surface area (Å²) in [5.41, 5.74) is 10.5. The van der Waals surface area contributed by atoms with Crippen LogP contribution in [0.15, 0.2) is 22.0 Å². The second-order valence-electron chi connectivity index (χ2n) is 4.72. The van der Waals surface area contributed by atoms with Crippen molar-refractivity contribution in [2.45, 2.75) is 20.8 Å². The van der Waals surface area contributed by atoms with E-state index in [2.05, 4.69) is 15.1 Å². The van der Waals surface area contributed by atoms with Crippen molar-refractivity contribution in [1.29, 1.82) is 0 Å². The van der Waals surface area contributed by atoms with Gasteiger partial charge >= 0.3 is 0 Å². The van der Waals surface area contributed by atoms with Gasteiger partial charge in [0.1, 0.15) is 4.88 Å². The van der Waals surface area contributed by atoms with Gasteiger partial charge in [0.25, 0.3) is 5.89 Å². The zero-order valence-electron chi connectivity index (χ0n) is 11.5. The fourth-order valence-electron chi connectivity index (χ4n) is 2.02. The van der Waals surface area contributed by atoms with Gasteiger partial charge in [-0.3, -0.25) is 4.98 Å². The molecule has 6 heteroatoms. The van der Waals surface area contributed by atoms with Crippen LogP contribution in [0.5, 0.6) is 0 Å². The van der Waals surface area contributed by atoms with Crippen LogP contribution in [0.2, 0.25) is 0 Å². The Hall–Kier alpha value is -2.21. The quantitative estimate of drug-likeness (QED) is 0.781. The van der Waals surface area contributed by atoms with Crippen molar-refractivity contribution < 1.29 is 4.52 Å². The number of aromatic nitrogens is 3. The minimum atomic E-state index is 0.461. The van der Waals surface area contributed by atoms with Crippen molar-refractivity contribution in [3.8, 4) is 22.2 Å². The van der Waals surface area contributed by atoms with Crippen LogP contribution >= 0.6 is 11.3 Å². The molecule has 0 spiro atoms. The first kappa shape index (κ1) is 12.8. The highest BCUT2D eigenvalue weighted by Gasteiger charge is 2.16. The van der Waals surface area contributed by atoms with Gasteiger partial charge in [0.05, 0.1) is 5.69 Å². The van der Waals surface area contributed by atoms with Crippen LogP contribution in [0.3, 0.4) is 0 Å². The molecule has 2 N–H and O–H groups in total. The van der Waals surface area contributed by atoms with Gasteiger partial charge in [-0.25, -0.2) is 0 Å². The zero-order chi connectivity index (χ0) is 14.3. The summed E-state index contributed by atoms with van der Waals surface area (Å²) in [5.74, 6) is 1.02. The molecule has 0 saturated carbocycles. The van der Waals surface area contributed by atoms with Crippen molar-refractivity contribution in [3.05, 3.63) is 34.5 Å². The van der Waals surface area contributed by atoms with E-state index in [0.29, 0.717) is 17.4 Å². The summed E-state index contributed by atoms with van der Waals surface area (Å²) in [7, 11) is 0. The predicted octanol–water partition coefficient (Wildman–Crippen LogP) is 3.37. The molecule has 0 fully saturated rings. The highest BCUT2D eigenvalue weighted by molar-refractivity contribution is 7.14. The third-order valence-electron chi connectivity index (χ3n) is 2.98. The van der Waals surface area contributed by atoms with Crippen LogP contribution in [0.1, 0.15) is 17.0 Å². The number of anilines is 1. The summed E-state index contributed by atoms with van der Waals surface area (Å²) >= 11 is 1.51. The molecule has 0 bridgehead atoms. The topological polar surface area (TPSA) is 77.8 Å². The standard InChI is InChI=1S/C14H14N4OS/c1-7-6-20-12(11(7)15)14-17-13(18-19-14)10-4-8(2)16-9(3)5-10/h4-6H,15H2,1-3H3. The number of hydrogen-bond acceptors (Lipinski definition) is 6. The van der Waals surface area contributed by atoms with Crippen molar-refractivity contribution in [3.63, 3.8) is 0 Å². The van der Waals surface area contributed by atoms with Crippen LogP contribution in [-0.4, -0.2) is 15.1 Å². The van der Waals surface area contributed by atoms with Gasteiger partial charge in [-0.2, -0.15) is 4.98 Å². The summed E-state index contributed by atoms with van der Waals surface area (Å²) in [6.07, 6.45) is 0. The molecule has 20 heavy (non-hydrogen) atoms. The highest BCUT2D eigenvalue weighted by Crippen LogP contribution is 2.34. The molecular weight excluding hydrogens is 272 g/mol. The molecule has 0 aromatic carbocycles. The maximum Gasteiger partial charge on any atom is 0.270 e. The summed E-state index contributed by atoms with van der Waals surface area (Å²) < 4.78 is 5.33. The fourth-order valence-corrected chi connectivity index (χ4v) is 2.91. The van der Waals surface area contributed by atoms with E-state index in [0.717, 1.165) is 27.4 Å². The first-order valence-electron chi connectivity index (χ1n) is 6.18. The van der Waals surface area contributed by atoms with Gasteiger partial charge in [-0.1, -0.05) is 5.16 Å². The molecule has 0 atom stereocenters. The second-order valence-corrected chi connectivity index (χ2v) is 5.60. The molecule has 0 unspecified atom stereocenters. The lowest BCUT2D eigenvalue weighted by Crippen LogP contribution is -1.90. The van der Waals surface area contributed by atoms with E-state index in [1.165, 1.54) is 11.3 Å². The van der Waals surface area contributed by atoms with Crippen LogP contribution in [-0.2, 0) is 0 Å². The van der Waals surface area contributed by atoms with E-state index in [-0.39, 0.29) is 0 Å². The lowest BCUT2D eigenvalue weighted by atomic mass is 10.2. The van der Waals surface area contributed by atoms with Crippen LogP contribution < -0.4 is 5.73 Å². The number of rotatable bonds is 2. The Morgan fingerprint density at radius 2 is 1.80 bits per heavy atom. The van der Waals surface area contributed by atoms with Crippen molar-refractivity contribution in [2.24, 2.45) is 0 Å². The number of nitrogens with two attached hydrogens (primary N) is 1. The molecule has 0 aliphatic carbocycles. The first-order chi connectivity index (χ1) is 9.54. The Kier molecular flexibility index (Phi) is 3.02. The predicted molar refractivity (Wildman–Crippen MR) is 79.5 cm³/mol. The van der Waals surface area contributed by atoms with Gasteiger partial charge in [-0.05, 0) is 43.8 Å². The number of pyridine rings is 1. The summed E-state index contributed by atoms with van der Waals surface area (Å²) in [4.78, 5) is 9.59. The Bertz CT molecular complexity index is 755. The molecular formula is C14H14N4OS. The molecule has 3 rings (SSSR count). The van der Waals surface area contributed by atoms with E-state index in [1.807, 2.05) is 38.3 Å². The maximum absolute atomic E-state index is 6.00. The minimum absolute atomic E-state index is 0.461. The minimum Gasteiger partial charge on any atom is -0.397 e. The van der Waals surface area contributed by atoms with E-state index in [4.69, 9.17) is 10.3 Å². The number of nitrogen functional groups attached to an aromatic ring is 1. The monoisotopic (exact) mass is 286 g/mol. The van der Waals surface area contributed by atoms with Crippen LogP contribution in [0.4, 0.5) is 5.69 Å². The lowest BCUT2D eigenvalue weighted by molar-refractivity contribution is 0.433. The van der Waals surface area contributed by atoms with Crippen LogP contribution in [0.25, 0.3) is 22.2 Å². The van der Waals surface area contributed by atoms with E-state index < -0.39 is 0 Å². The summed E-state index contributed by atoms with van der Waals surface area (Å²) in [6.45, 7) is 5.85. The molecule has 3 aromatic heterocycles. The SMILES string of the molecule is Cc1cc(-c2noc(-c3scc(C)c3N)n2)cc(C)n1. The molecule has 0 aliphatic rings. The number of nitrogens with zero attached hydrogens (tertiary/aromatic N) is 3. The molecule has 102 valence electrons. The lowest BCUT2D eigenvalue weighted by Gasteiger charge is -1.98. The molecule has 0 saturated heterocycles. The second kappa shape index (κ2) is 4.72. The average molecular weight is 286 g/mol. The average Bonchev–Trinajstić information content (AvgIpc) is 2.97. The highest BCUT2D eigenvalue weighted by atomic mass is 32.1. The Morgan fingerprint density at radius 1 is 1.10 bits per heavy atom. The van der Waals surface area contributed by atoms with Gasteiger partial charge in [0.2, 0.25) is 5.82 Å². The van der Waals surface area contributed by atoms with Crippen molar-refractivity contribution in [1.82, 2.24) is 15.1 Å². The third-order valence-corrected chi connectivity index (χ3v) is 4.08. The maximum atomic E-state index is 6.00. The van der Waals surface area contributed by atoms with Gasteiger partial charge in [0.15, 0.2) is 0 Å². The molecule has 3 heterocycles. The Labute approximate surface area is 120 Å². The summed E-state index contributed by atoms with van der Waals surface area (Å²) in [5, 5.41) is 6.01. The molecule has 0 radical (unpaired) electrons. The van der Waals surface area contributed by atoms with E-state index >= 15 is 0 Å². The largest absolute Gasteiger partial charge is 0.397 e. The summed E-state index contributed by atoms with van der Waals surface area (Å²) in [6, 6.07) is 3.87. The van der Waals surface area contributed by atoms with Crippen molar-refractivity contribution in [2.75, 3.05) is 5.73 Å². The number of thiophene rings is 1. The number of hydrogen-bond donors (Lipinski definition) is 1. The van der Waals surface area contributed by atoms with Gasteiger partial charge in [-0.15, -0.1) is 11.3 Å². The molecule has 0 aliphatic heterocycles. The van der Waals surface area contributed by atoms with E-state index in [1.54, 1.807) is 0 Å². The van der Waals surface area contributed by atoms with Crippen LogP contribution in [0, 0.1) is 20.8 Å². The molecule has 0 amide bonds. The van der Waals surface area contributed by atoms with Gasteiger partial charge < -0.3 is 10.3 Å². The zero-order valence-corrected chi connectivity index (χ0v) is 12.3. The molecule has 5 nitrogen and oxygen atoms in total. The van der Waals surface area contributed by atoms with E-state index in [9.17, 15) is 0 Å². The Morgan fingerprint density at radius 3 is 2.40 bits per heavy atom. The smallest absolute Gasteiger partial charge is 0.270 e. The van der Waals surface area contributed by atoms with Crippen molar-refractivity contribution >= 4 is 17.0 Å².